The van der Waals surface area contributed by atoms with Crippen LogP contribution in [0.2, 0.25) is 0 Å². The van der Waals surface area contributed by atoms with Gasteiger partial charge in [0.15, 0.2) is 0 Å². The number of carbonyl (C=O) groups excluding carboxylic acids is 1. The summed E-state index contributed by atoms with van der Waals surface area (Å²) in [7, 11) is 0. The molecule has 0 aliphatic rings. The molecule has 0 aliphatic carbocycles. The molecule has 0 fully saturated rings. The summed E-state index contributed by atoms with van der Waals surface area (Å²) in [5, 5.41) is 16.7. The fourth-order valence-electron chi connectivity index (χ4n) is 1.42. The largest absolute Gasteiger partial charge is 0.389 e. The molecule has 1 rings (SSSR count). The van der Waals surface area contributed by atoms with Gasteiger partial charge in [-0.25, -0.2) is 0 Å². The number of nitrogens with one attached hydrogen (secondary N) is 1. The zero-order valence-electron chi connectivity index (χ0n) is 12.9. The molecular formula is C14H25N3O3. The van der Waals surface area contributed by atoms with Crippen LogP contribution < -0.4 is 5.32 Å². The van der Waals surface area contributed by atoms with E-state index in [1.54, 1.807) is 17.1 Å². The van der Waals surface area contributed by atoms with Gasteiger partial charge in [-0.15, -0.1) is 0 Å². The summed E-state index contributed by atoms with van der Waals surface area (Å²) in [5.41, 5.74) is 0.175. The second-order valence-corrected chi connectivity index (χ2v) is 6.19. The van der Waals surface area contributed by atoms with E-state index in [1.165, 1.54) is 0 Å². The van der Waals surface area contributed by atoms with Crippen molar-refractivity contribution < 1.29 is 14.6 Å². The zero-order valence-corrected chi connectivity index (χ0v) is 12.9. The van der Waals surface area contributed by atoms with E-state index in [9.17, 15) is 9.90 Å². The van der Waals surface area contributed by atoms with Gasteiger partial charge in [0, 0.05) is 11.6 Å². The Morgan fingerprint density at radius 3 is 2.70 bits per heavy atom. The van der Waals surface area contributed by atoms with Crippen molar-refractivity contribution >= 4 is 11.6 Å². The van der Waals surface area contributed by atoms with Crippen LogP contribution in [0, 0.1) is 5.41 Å². The summed E-state index contributed by atoms with van der Waals surface area (Å²) >= 11 is 0. The number of hydrogen-bond donors (Lipinski definition) is 2. The number of ether oxygens (including phenoxy) is 1. The van der Waals surface area contributed by atoms with Crippen molar-refractivity contribution in [3.63, 3.8) is 0 Å². The van der Waals surface area contributed by atoms with E-state index in [-0.39, 0.29) is 18.6 Å². The average Bonchev–Trinajstić information content (AvgIpc) is 2.72. The van der Waals surface area contributed by atoms with Crippen LogP contribution in [0.25, 0.3) is 0 Å². The van der Waals surface area contributed by atoms with Crippen molar-refractivity contribution in [2.24, 2.45) is 5.41 Å². The maximum absolute atomic E-state index is 11.8. The highest BCUT2D eigenvalue weighted by molar-refractivity contribution is 5.94. The molecule has 6 heteroatoms. The first-order valence-corrected chi connectivity index (χ1v) is 6.82. The van der Waals surface area contributed by atoms with Gasteiger partial charge in [-0.3, -0.25) is 9.48 Å². The highest BCUT2D eigenvalue weighted by atomic mass is 16.5. The third-order valence-corrected chi connectivity index (χ3v) is 2.59. The fraction of sp³-hybridized carbons (Fsp3) is 0.714. The lowest BCUT2D eigenvalue weighted by Crippen LogP contribution is -2.27. The summed E-state index contributed by atoms with van der Waals surface area (Å²) in [6.07, 6.45) is 2.73. The molecule has 1 atom stereocenters. The molecule has 0 radical (unpaired) electrons. The summed E-state index contributed by atoms with van der Waals surface area (Å²) in [4.78, 5) is 11.8. The molecule has 2 N–H and O–H groups in total. The molecule has 0 bridgehead atoms. The van der Waals surface area contributed by atoms with E-state index in [0.29, 0.717) is 12.2 Å². The molecule has 1 aromatic rings. The van der Waals surface area contributed by atoms with Crippen molar-refractivity contribution in [1.82, 2.24) is 9.78 Å². The van der Waals surface area contributed by atoms with Gasteiger partial charge < -0.3 is 15.2 Å². The lowest BCUT2D eigenvalue weighted by Gasteiger charge is -2.16. The Bertz CT molecular complexity index is 435. The molecule has 114 valence electrons. The number of carbonyl (C=O) groups is 1. The van der Waals surface area contributed by atoms with Crippen LogP contribution in [0.3, 0.4) is 0 Å². The number of aliphatic hydroxyl groups excluding tert-OH is 1. The quantitative estimate of drug-likeness (QED) is 0.832. The number of nitrogens with zero attached hydrogens (tertiary/aromatic N) is 2. The van der Waals surface area contributed by atoms with E-state index in [2.05, 4.69) is 10.4 Å². The van der Waals surface area contributed by atoms with Crippen LogP contribution in [-0.4, -0.2) is 39.6 Å². The van der Waals surface area contributed by atoms with Gasteiger partial charge in [0.1, 0.15) is 0 Å². The van der Waals surface area contributed by atoms with Crippen molar-refractivity contribution in [3.05, 3.63) is 12.4 Å². The normalized spacial score (nSPS) is 13.6. The van der Waals surface area contributed by atoms with E-state index in [4.69, 9.17) is 4.74 Å². The summed E-state index contributed by atoms with van der Waals surface area (Å²) in [6.45, 7) is 9.97. The minimum absolute atomic E-state index is 0.0688. The topological polar surface area (TPSA) is 76.4 Å². The molecular weight excluding hydrogens is 258 g/mol. The Morgan fingerprint density at radius 1 is 1.50 bits per heavy atom. The molecule has 0 aliphatic heterocycles. The van der Waals surface area contributed by atoms with Gasteiger partial charge in [0.05, 0.1) is 37.2 Å². The number of amides is 1. The van der Waals surface area contributed by atoms with Gasteiger partial charge in [-0.2, -0.15) is 5.10 Å². The van der Waals surface area contributed by atoms with E-state index >= 15 is 0 Å². The third-order valence-electron chi connectivity index (χ3n) is 2.59. The highest BCUT2D eigenvalue weighted by Crippen LogP contribution is 2.16. The third kappa shape index (κ3) is 5.71. The Hall–Kier alpha value is -1.40. The number of hydrogen-bond acceptors (Lipinski definition) is 4. The predicted molar refractivity (Wildman–Crippen MR) is 77.4 cm³/mol. The molecule has 0 saturated carbocycles. The van der Waals surface area contributed by atoms with Crippen LogP contribution in [0.15, 0.2) is 12.4 Å². The molecule has 1 aromatic heterocycles. The van der Waals surface area contributed by atoms with E-state index in [0.717, 1.165) is 0 Å². The van der Waals surface area contributed by atoms with Crippen LogP contribution in [0.1, 0.15) is 34.6 Å². The second-order valence-electron chi connectivity index (χ2n) is 6.19. The Kier molecular flexibility index (Phi) is 5.71. The fourth-order valence-corrected chi connectivity index (χ4v) is 1.42. The highest BCUT2D eigenvalue weighted by Gasteiger charge is 2.21. The maximum Gasteiger partial charge on any atom is 0.229 e. The maximum atomic E-state index is 11.8. The minimum atomic E-state index is -0.622. The van der Waals surface area contributed by atoms with Gasteiger partial charge in [0.25, 0.3) is 0 Å². The van der Waals surface area contributed by atoms with Crippen LogP contribution in [0.5, 0.6) is 0 Å². The average molecular weight is 283 g/mol. The van der Waals surface area contributed by atoms with Gasteiger partial charge in [-0.1, -0.05) is 20.8 Å². The number of rotatable bonds is 6. The molecule has 1 heterocycles. The first-order chi connectivity index (χ1) is 9.18. The number of anilines is 1. The van der Waals surface area contributed by atoms with E-state index < -0.39 is 11.5 Å². The monoisotopic (exact) mass is 283 g/mol. The SMILES string of the molecule is CC(C)OCC(O)Cn1cc(NC(=O)C(C)(C)C)cn1. The molecule has 0 saturated heterocycles. The smallest absolute Gasteiger partial charge is 0.229 e. The lowest BCUT2D eigenvalue weighted by atomic mass is 9.96. The van der Waals surface area contributed by atoms with E-state index in [1.807, 2.05) is 34.6 Å². The molecule has 1 unspecified atom stereocenters. The first-order valence-electron chi connectivity index (χ1n) is 6.82. The van der Waals surface area contributed by atoms with Crippen LogP contribution >= 0.6 is 0 Å². The van der Waals surface area contributed by atoms with Gasteiger partial charge >= 0.3 is 0 Å². The predicted octanol–water partition coefficient (Wildman–Crippen LogP) is 1.65. The van der Waals surface area contributed by atoms with Gasteiger partial charge in [-0.05, 0) is 13.8 Å². The summed E-state index contributed by atoms with van der Waals surface area (Å²) in [6, 6.07) is 0. The van der Waals surface area contributed by atoms with Crippen LogP contribution in [0.4, 0.5) is 5.69 Å². The number of aliphatic hydroxyl groups is 1. The Labute approximate surface area is 120 Å². The van der Waals surface area contributed by atoms with Crippen molar-refractivity contribution in [2.45, 2.75) is 53.4 Å². The van der Waals surface area contributed by atoms with Crippen molar-refractivity contribution in [2.75, 3.05) is 11.9 Å². The summed E-state index contributed by atoms with van der Waals surface area (Å²) < 4.78 is 6.92. The molecule has 0 aromatic carbocycles. The Morgan fingerprint density at radius 2 is 2.15 bits per heavy atom. The minimum Gasteiger partial charge on any atom is -0.389 e. The standard InChI is InChI=1S/C14H25N3O3/c1-10(2)20-9-12(18)8-17-7-11(6-15-17)16-13(19)14(3,4)5/h6-7,10,12,18H,8-9H2,1-5H3,(H,16,19). The molecule has 0 spiro atoms. The van der Waals surface area contributed by atoms with Crippen molar-refractivity contribution in [3.8, 4) is 0 Å². The lowest BCUT2D eigenvalue weighted by molar-refractivity contribution is -0.123. The number of aromatic nitrogens is 2. The first kappa shape index (κ1) is 16.7. The zero-order chi connectivity index (χ0) is 15.3. The second kappa shape index (κ2) is 6.85. The molecule has 6 nitrogen and oxygen atoms in total. The summed E-state index contributed by atoms with van der Waals surface area (Å²) in [5.74, 6) is -0.0688. The van der Waals surface area contributed by atoms with Crippen molar-refractivity contribution in [1.29, 1.82) is 0 Å². The van der Waals surface area contributed by atoms with Gasteiger partial charge in [0.2, 0.25) is 5.91 Å². The molecule has 20 heavy (non-hydrogen) atoms. The molecule has 1 amide bonds. The Balaban J connectivity index is 2.49. The van der Waals surface area contributed by atoms with Crippen LogP contribution in [-0.2, 0) is 16.1 Å².